The molecule has 47 heavy (non-hydrogen) atoms. The van der Waals surface area contributed by atoms with Crippen molar-refractivity contribution in [1.82, 2.24) is 4.57 Å². The lowest BCUT2D eigenvalue weighted by atomic mass is 10.1. The van der Waals surface area contributed by atoms with Gasteiger partial charge in [0, 0.05) is 37.6 Å². The van der Waals surface area contributed by atoms with E-state index in [0.717, 1.165) is 49.0 Å². The quantitative estimate of drug-likeness (QED) is 0.131. The Hall–Kier alpha value is -5.32. The second-order valence-electron chi connectivity index (χ2n) is 10.9. The Bertz CT molecular complexity index is 2470. The summed E-state index contributed by atoms with van der Waals surface area (Å²) in [5, 5.41) is 3.41. The summed E-state index contributed by atoms with van der Waals surface area (Å²) in [7, 11) is -5.94. The van der Waals surface area contributed by atoms with Crippen LogP contribution >= 0.6 is 11.3 Å². The van der Waals surface area contributed by atoms with Crippen LogP contribution in [-0.2, 0) is 10.1 Å². The highest BCUT2D eigenvalue weighted by Gasteiger charge is 2.49. The van der Waals surface area contributed by atoms with Gasteiger partial charge in [0.15, 0.2) is 5.75 Å². The Morgan fingerprint density at radius 2 is 1.17 bits per heavy atom. The molecule has 0 bridgehead atoms. The third-order valence-electron chi connectivity index (χ3n) is 8.14. The van der Waals surface area contributed by atoms with Gasteiger partial charge in [-0.25, -0.2) is 0 Å². The molecule has 0 aliphatic carbocycles. The Morgan fingerprint density at radius 1 is 0.617 bits per heavy atom. The number of fused-ring (bicyclic) bond motifs is 6. The number of para-hydroxylation sites is 4. The molecule has 0 saturated carbocycles. The van der Waals surface area contributed by atoms with Crippen LogP contribution in [0.15, 0.2) is 140 Å². The average molecular weight is 665 g/mol. The smallest absolute Gasteiger partial charge is 0.374 e. The van der Waals surface area contributed by atoms with Crippen LogP contribution in [0.5, 0.6) is 5.75 Å². The SMILES string of the molecule is O=S(=O)(Oc1ccc(N(c2ccccc2)c2ccccc2)c2c1sc1cccc(-n3c4ccccc4c4ccccc43)c12)C(F)(F)F. The molecule has 0 saturated heterocycles. The van der Waals surface area contributed by atoms with E-state index in [1.807, 2.05) is 120 Å². The molecule has 2 aromatic heterocycles. The molecule has 0 atom stereocenters. The monoisotopic (exact) mass is 664 g/mol. The predicted octanol–water partition coefficient (Wildman–Crippen LogP) is 10.8. The Morgan fingerprint density at radius 3 is 1.74 bits per heavy atom. The first kappa shape index (κ1) is 29.1. The van der Waals surface area contributed by atoms with Gasteiger partial charge in [0.25, 0.3) is 0 Å². The van der Waals surface area contributed by atoms with E-state index < -0.39 is 21.4 Å². The molecule has 6 aromatic carbocycles. The van der Waals surface area contributed by atoms with Gasteiger partial charge >= 0.3 is 15.6 Å². The minimum Gasteiger partial charge on any atom is -0.374 e. The molecule has 2 heterocycles. The standard InChI is InChI=1S/C37H23F3N2O3S2/c38-37(39,40)47(43,44)45-32-23-22-31(41(24-12-3-1-4-13-24)25-14-5-2-6-15-25)35-34-30(20-11-21-33(34)46-36(32)35)42-28-18-9-7-16-26(28)27-17-8-10-19-29(27)42/h1-23H. The van der Waals surface area contributed by atoms with Crippen molar-refractivity contribution in [3.05, 3.63) is 140 Å². The van der Waals surface area contributed by atoms with E-state index in [2.05, 4.69) is 16.7 Å². The first-order valence-electron chi connectivity index (χ1n) is 14.6. The predicted molar refractivity (Wildman–Crippen MR) is 184 cm³/mol. The molecular formula is C37H23F3N2O3S2. The molecule has 0 N–H and O–H groups in total. The number of halogens is 3. The van der Waals surface area contributed by atoms with Crippen LogP contribution in [0.2, 0.25) is 0 Å². The highest BCUT2D eigenvalue weighted by molar-refractivity contribution is 7.88. The molecule has 0 unspecified atom stereocenters. The van der Waals surface area contributed by atoms with Gasteiger partial charge in [-0.05, 0) is 60.7 Å². The van der Waals surface area contributed by atoms with Crippen molar-refractivity contribution in [2.45, 2.75) is 5.51 Å². The minimum atomic E-state index is -5.94. The average Bonchev–Trinajstić information content (AvgIpc) is 3.63. The molecule has 0 fully saturated rings. The van der Waals surface area contributed by atoms with Crippen molar-refractivity contribution in [3.63, 3.8) is 0 Å². The Balaban J connectivity index is 1.52. The zero-order chi connectivity index (χ0) is 32.3. The van der Waals surface area contributed by atoms with Crippen molar-refractivity contribution in [2.24, 2.45) is 0 Å². The zero-order valence-electron chi connectivity index (χ0n) is 24.3. The van der Waals surface area contributed by atoms with E-state index >= 15 is 0 Å². The van der Waals surface area contributed by atoms with E-state index in [4.69, 9.17) is 4.18 Å². The summed E-state index contributed by atoms with van der Waals surface area (Å²) >= 11 is 1.19. The summed E-state index contributed by atoms with van der Waals surface area (Å²) in [4.78, 5) is 2.01. The first-order valence-corrected chi connectivity index (χ1v) is 16.8. The second-order valence-corrected chi connectivity index (χ2v) is 13.5. The molecular weight excluding hydrogens is 642 g/mol. The van der Waals surface area contributed by atoms with E-state index in [-0.39, 0.29) is 4.70 Å². The van der Waals surface area contributed by atoms with Gasteiger partial charge in [0.2, 0.25) is 0 Å². The molecule has 0 amide bonds. The van der Waals surface area contributed by atoms with E-state index in [1.54, 1.807) is 6.07 Å². The van der Waals surface area contributed by atoms with Crippen LogP contribution in [0, 0.1) is 0 Å². The van der Waals surface area contributed by atoms with Gasteiger partial charge in [0.1, 0.15) is 0 Å². The summed E-state index contributed by atoms with van der Waals surface area (Å²) in [6, 6.07) is 44.0. The van der Waals surface area contributed by atoms with E-state index in [1.165, 1.54) is 17.4 Å². The molecule has 0 radical (unpaired) electrons. The largest absolute Gasteiger partial charge is 0.534 e. The lowest BCUT2D eigenvalue weighted by molar-refractivity contribution is -0.0499. The van der Waals surface area contributed by atoms with Crippen LogP contribution in [0.4, 0.5) is 30.2 Å². The number of rotatable bonds is 6. The fraction of sp³-hybridized carbons (Fsp3) is 0.0270. The van der Waals surface area contributed by atoms with E-state index in [9.17, 15) is 21.6 Å². The number of alkyl halides is 3. The third kappa shape index (κ3) is 4.71. The maximum absolute atomic E-state index is 13.6. The van der Waals surface area contributed by atoms with Crippen LogP contribution < -0.4 is 9.08 Å². The van der Waals surface area contributed by atoms with Crippen molar-refractivity contribution < 1.29 is 25.8 Å². The zero-order valence-corrected chi connectivity index (χ0v) is 26.0. The molecule has 10 heteroatoms. The second kappa shape index (κ2) is 10.9. The Labute approximate surface area is 271 Å². The van der Waals surface area contributed by atoms with Gasteiger partial charge in [-0.15, -0.1) is 11.3 Å². The first-order chi connectivity index (χ1) is 22.7. The third-order valence-corrected chi connectivity index (χ3v) is 10.3. The number of nitrogens with zero attached hydrogens (tertiary/aromatic N) is 2. The molecule has 8 aromatic rings. The Kier molecular flexibility index (Phi) is 6.75. The van der Waals surface area contributed by atoms with Gasteiger partial charge in [-0.3, -0.25) is 0 Å². The highest BCUT2D eigenvalue weighted by Crippen LogP contribution is 2.51. The van der Waals surface area contributed by atoms with Gasteiger partial charge in [-0.1, -0.05) is 78.9 Å². The lowest BCUT2D eigenvalue weighted by Crippen LogP contribution is -2.28. The van der Waals surface area contributed by atoms with Gasteiger partial charge in [0.05, 0.1) is 27.1 Å². The van der Waals surface area contributed by atoms with Gasteiger partial charge < -0.3 is 13.7 Å². The number of benzene rings is 6. The maximum atomic E-state index is 13.6. The molecule has 0 spiro atoms. The summed E-state index contributed by atoms with van der Waals surface area (Å²) in [6.07, 6.45) is 0. The number of thiophene rings is 1. The van der Waals surface area contributed by atoms with Crippen molar-refractivity contribution in [2.75, 3.05) is 4.90 Å². The molecule has 8 rings (SSSR count). The fourth-order valence-corrected chi connectivity index (χ4v) is 7.95. The highest BCUT2D eigenvalue weighted by atomic mass is 32.2. The summed E-state index contributed by atoms with van der Waals surface area (Å²) < 4.78 is 73.5. The van der Waals surface area contributed by atoms with Crippen molar-refractivity contribution in [3.8, 4) is 11.4 Å². The minimum absolute atomic E-state index is 0.274. The molecule has 0 aliphatic rings. The lowest BCUT2D eigenvalue weighted by Gasteiger charge is -2.27. The van der Waals surface area contributed by atoms with Crippen molar-refractivity contribution >= 4 is 80.5 Å². The van der Waals surface area contributed by atoms with Crippen LogP contribution in [-0.4, -0.2) is 18.5 Å². The molecule has 5 nitrogen and oxygen atoms in total. The number of aromatic nitrogens is 1. The number of anilines is 3. The maximum Gasteiger partial charge on any atom is 0.534 e. The number of hydrogen-bond donors (Lipinski definition) is 0. The summed E-state index contributed by atoms with van der Waals surface area (Å²) in [6.45, 7) is 0. The molecule has 0 aliphatic heterocycles. The van der Waals surface area contributed by atoms with Crippen LogP contribution in [0.25, 0.3) is 47.7 Å². The van der Waals surface area contributed by atoms with E-state index in [0.29, 0.717) is 11.1 Å². The topological polar surface area (TPSA) is 51.5 Å². The summed E-state index contributed by atoms with van der Waals surface area (Å²) in [5.74, 6) is -0.392. The van der Waals surface area contributed by atoms with Crippen molar-refractivity contribution in [1.29, 1.82) is 0 Å². The van der Waals surface area contributed by atoms with Crippen LogP contribution in [0.1, 0.15) is 0 Å². The van der Waals surface area contributed by atoms with Gasteiger partial charge in [-0.2, -0.15) is 21.6 Å². The molecule has 232 valence electrons. The number of hydrogen-bond acceptors (Lipinski definition) is 5. The normalized spacial score (nSPS) is 12.3. The van der Waals surface area contributed by atoms with Crippen LogP contribution in [0.3, 0.4) is 0 Å². The fourth-order valence-electron chi connectivity index (χ4n) is 6.23. The summed E-state index contributed by atoms with van der Waals surface area (Å²) in [5.41, 5.74) is -0.620.